The van der Waals surface area contributed by atoms with Crippen LogP contribution in [0.5, 0.6) is 11.5 Å². The molecule has 2 amide bonds. The number of sulfonamides is 1. The Labute approximate surface area is 222 Å². The van der Waals surface area contributed by atoms with E-state index in [0.29, 0.717) is 78.1 Å². The van der Waals surface area contributed by atoms with E-state index in [0.717, 1.165) is 10.6 Å². The molecule has 0 aliphatic carbocycles. The van der Waals surface area contributed by atoms with Gasteiger partial charge in [0.2, 0.25) is 15.9 Å². The third-order valence-corrected chi connectivity index (χ3v) is 7.56. The van der Waals surface area contributed by atoms with Gasteiger partial charge in [0.25, 0.3) is 5.91 Å². The van der Waals surface area contributed by atoms with Crippen molar-refractivity contribution in [2.24, 2.45) is 0 Å². The molecular formula is C26H32N4O7S. The number of anilines is 3. The van der Waals surface area contributed by atoms with Gasteiger partial charge in [-0.25, -0.2) is 8.42 Å². The Morgan fingerprint density at radius 3 is 2.32 bits per heavy atom. The summed E-state index contributed by atoms with van der Waals surface area (Å²) in [5.41, 5.74) is 3.52. The minimum absolute atomic E-state index is 0.249. The predicted octanol–water partition coefficient (Wildman–Crippen LogP) is 2.51. The van der Waals surface area contributed by atoms with E-state index in [1.165, 1.54) is 14.2 Å². The number of morpholine rings is 1. The highest BCUT2D eigenvalue weighted by molar-refractivity contribution is 7.92. The van der Waals surface area contributed by atoms with Crippen molar-refractivity contribution in [2.75, 3.05) is 68.3 Å². The molecule has 2 aliphatic heterocycles. The zero-order chi connectivity index (χ0) is 27.4. The largest absolute Gasteiger partial charge is 0.493 e. The topological polar surface area (TPSA) is 127 Å². The van der Waals surface area contributed by atoms with Gasteiger partial charge in [0, 0.05) is 36.1 Å². The molecule has 11 nitrogen and oxygen atoms in total. The SMILES string of the molecule is CC/C(Nc1ccc(N(CC(=O)N2CCOCC2)S(C)(=O)=O)cc1)=C1/C(=O)Nc2cc(OC)c(OC)cc21. The monoisotopic (exact) mass is 544 g/mol. The van der Waals surface area contributed by atoms with Gasteiger partial charge >= 0.3 is 0 Å². The number of hydrogen-bond donors (Lipinski definition) is 2. The molecule has 0 saturated carbocycles. The van der Waals surface area contributed by atoms with Gasteiger partial charge < -0.3 is 29.7 Å². The summed E-state index contributed by atoms with van der Waals surface area (Å²) >= 11 is 0. The first-order valence-corrected chi connectivity index (χ1v) is 14.0. The van der Waals surface area contributed by atoms with Crippen LogP contribution < -0.4 is 24.4 Å². The number of fused-ring (bicyclic) bond motifs is 1. The second-order valence-electron chi connectivity index (χ2n) is 8.85. The van der Waals surface area contributed by atoms with Gasteiger partial charge in [-0.1, -0.05) is 6.92 Å². The molecule has 0 spiro atoms. The number of benzene rings is 2. The van der Waals surface area contributed by atoms with Crippen LogP contribution >= 0.6 is 0 Å². The number of methoxy groups -OCH3 is 2. The van der Waals surface area contributed by atoms with Crippen LogP contribution in [0.2, 0.25) is 0 Å². The number of ether oxygens (including phenoxy) is 3. The molecule has 0 unspecified atom stereocenters. The normalized spacial score (nSPS) is 16.4. The molecule has 38 heavy (non-hydrogen) atoms. The smallest absolute Gasteiger partial charge is 0.258 e. The molecule has 0 atom stereocenters. The number of carbonyl (C=O) groups excluding carboxylic acids is 2. The summed E-state index contributed by atoms with van der Waals surface area (Å²) in [4.78, 5) is 27.2. The predicted molar refractivity (Wildman–Crippen MR) is 145 cm³/mol. The molecule has 0 aromatic heterocycles. The molecule has 1 fully saturated rings. The van der Waals surface area contributed by atoms with Crippen molar-refractivity contribution in [1.82, 2.24) is 4.90 Å². The van der Waals surface area contributed by atoms with Crippen LogP contribution in [0.4, 0.5) is 17.1 Å². The third kappa shape index (κ3) is 5.70. The lowest BCUT2D eigenvalue weighted by Crippen LogP contribution is -2.47. The quantitative estimate of drug-likeness (QED) is 0.461. The van der Waals surface area contributed by atoms with Gasteiger partial charge in [0.05, 0.1) is 50.6 Å². The summed E-state index contributed by atoms with van der Waals surface area (Å²) in [5, 5.41) is 6.17. The summed E-state index contributed by atoms with van der Waals surface area (Å²) in [6.07, 6.45) is 1.60. The highest BCUT2D eigenvalue weighted by Gasteiger charge is 2.30. The summed E-state index contributed by atoms with van der Waals surface area (Å²) < 4.78 is 42.2. The average Bonchev–Trinajstić information content (AvgIpc) is 3.24. The number of carbonyl (C=O) groups is 2. The molecule has 0 radical (unpaired) electrons. The summed E-state index contributed by atoms with van der Waals surface area (Å²) in [6, 6.07) is 10.2. The van der Waals surface area contributed by atoms with Crippen molar-refractivity contribution in [3.8, 4) is 11.5 Å². The fourth-order valence-electron chi connectivity index (χ4n) is 4.44. The van der Waals surface area contributed by atoms with E-state index in [1.54, 1.807) is 41.3 Å². The molecule has 2 heterocycles. The maximum atomic E-state index is 12.9. The van der Waals surface area contributed by atoms with Gasteiger partial charge in [-0.2, -0.15) is 0 Å². The number of hydrogen-bond acceptors (Lipinski definition) is 8. The van der Waals surface area contributed by atoms with Crippen LogP contribution in [0.3, 0.4) is 0 Å². The van der Waals surface area contributed by atoms with E-state index in [2.05, 4.69) is 10.6 Å². The maximum Gasteiger partial charge on any atom is 0.258 e. The molecule has 0 bridgehead atoms. The standard InChI is InChI=1S/C26H32N4O7S/c1-5-20(25-19-14-22(35-2)23(36-3)15-21(19)28-26(25)32)27-17-6-8-18(9-7-17)30(38(4,33)34)16-24(31)29-10-12-37-13-11-29/h6-9,14-15,27H,5,10-13,16H2,1-4H3,(H,28,32)/b25-20-. The van der Waals surface area contributed by atoms with Crippen molar-refractivity contribution in [1.29, 1.82) is 0 Å². The fourth-order valence-corrected chi connectivity index (χ4v) is 5.29. The summed E-state index contributed by atoms with van der Waals surface area (Å²) in [5.74, 6) is 0.488. The highest BCUT2D eigenvalue weighted by atomic mass is 32.2. The lowest BCUT2D eigenvalue weighted by Gasteiger charge is -2.30. The van der Waals surface area contributed by atoms with Crippen LogP contribution in [0.15, 0.2) is 42.1 Å². The van der Waals surface area contributed by atoms with Crippen molar-refractivity contribution in [3.05, 3.63) is 47.7 Å². The third-order valence-electron chi connectivity index (χ3n) is 6.42. The van der Waals surface area contributed by atoms with Gasteiger partial charge in [-0.05, 0) is 36.8 Å². The van der Waals surface area contributed by atoms with E-state index in [9.17, 15) is 18.0 Å². The van der Waals surface area contributed by atoms with Crippen molar-refractivity contribution in [3.63, 3.8) is 0 Å². The summed E-state index contributed by atoms with van der Waals surface area (Å²) in [7, 11) is -0.643. The van der Waals surface area contributed by atoms with Crippen LogP contribution in [0.1, 0.15) is 18.9 Å². The first-order chi connectivity index (χ1) is 18.2. The highest BCUT2D eigenvalue weighted by Crippen LogP contribution is 2.42. The Kier molecular flexibility index (Phi) is 8.12. The Bertz CT molecular complexity index is 1350. The van der Waals surface area contributed by atoms with E-state index in [4.69, 9.17) is 14.2 Å². The first-order valence-electron chi connectivity index (χ1n) is 12.2. The fraction of sp³-hybridized carbons (Fsp3) is 0.385. The van der Waals surface area contributed by atoms with Crippen molar-refractivity contribution in [2.45, 2.75) is 13.3 Å². The lowest BCUT2D eigenvalue weighted by atomic mass is 10.0. The number of rotatable bonds is 9. The number of allylic oxidation sites excluding steroid dienone is 1. The molecule has 4 rings (SSSR count). The molecule has 204 valence electrons. The zero-order valence-electron chi connectivity index (χ0n) is 21.9. The van der Waals surface area contributed by atoms with E-state index in [-0.39, 0.29) is 18.4 Å². The van der Waals surface area contributed by atoms with E-state index >= 15 is 0 Å². The van der Waals surface area contributed by atoms with Crippen molar-refractivity contribution >= 4 is 44.5 Å². The number of amides is 2. The molecule has 2 aromatic carbocycles. The summed E-state index contributed by atoms with van der Waals surface area (Å²) in [6.45, 7) is 3.37. The Morgan fingerprint density at radius 1 is 1.11 bits per heavy atom. The number of nitrogens with one attached hydrogen (secondary N) is 2. The van der Waals surface area contributed by atoms with Crippen LogP contribution in [0.25, 0.3) is 5.57 Å². The molecule has 2 aliphatic rings. The molecule has 12 heteroatoms. The van der Waals surface area contributed by atoms with E-state index < -0.39 is 10.0 Å². The van der Waals surface area contributed by atoms with Crippen molar-refractivity contribution < 1.29 is 32.2 Å². The number of nitrogens with zero attached hydrogens (tertiary/aromatic N) is 2. The molecule has 1 saturated heterocycles. The Morgan fingerprint density at radius 2 is 1.74 bits per heavy atom. The molecular weight excluding hydrogens is 512 g/mol. The van der Waals surface area contributed by atoms with Gasteiger partial charge in [0.1, 0.15) is 6.54 Å². The van der Waals surface area contributed by atoms with Crippen LogP contribution in [0, 0.1) is 0 Å². The second kappa shape index (κ2) is 11.3. The van der Waals surface area contributed by atoms with Gasteiger partial charge in [-0.3, -0.25) is 13.9 Å². The average molecular weight is 545 g/mol. The Balaban J connectivity index is 1.59. The maximum absolute atomic E-state index is 12.9. The van der Waals surface area contributed by atoms with Gasteiger partial charge in [0.15, 0.2) is 11.5 Å². The molecule has 2 N–H and O–H groups in total. The minimum atomic E-state index is -3.71. The Hall–Kier alpha value is -3.77. The first kappa shape index (κ1) is 27.3. The van der Waals surface area contributed by atoms with Crippen LogP contribution in [-0.2, 0) is 24.3 Å². The minimum Gasteiger partial charge on any atom is -0.493 e. The molecule has 2 aromatic rings. The second-order valence-corrected chi connectivity index (χ2v) is 10.8. The lowest BCUT2D eigenvalue weighted by molar-refractivity contribution is -0.133. The van der Waals surface area contributed by atoms with Crippen LogP contribution in [-0.4, -0.2) is 78.5 Å². The zero-order valence-corrected chi connectivity index (χ0v) is 22.7. The van der Waals surface area contributed by atoms with Gasteiger partial charge in [-0.15, -0.1) is 0 Å². The van der Waals surface area contributed by atoms with E-state index in [1.807, 2.05) is 6.92 Å².